The molecule has 0 bridgehead atoms. The minimum atomic E-state index is -0.265. The summed E-state index contributed by atoms with van der Waals surface area (Å²) in [4.78, 5) is 17.5. The second-order valence-corrected chi connectivity index (χ2v) is 9.52. The normalized spacial score (nSPS) is 19.4. The van der Waals surface area contributed by atoms with Crippen molar-refractivity contribution in [3.63, 3.8) is 0 Å². The van der Waals surface area contributed by atoms with Crippen LogP contribution in [0.25, 0.3) is 0 Å². The summed E-state index contributed by atoms with van der Waals surface area (Å²) in [7, 11) is 0. The topological polar surface area (TPSA) is 72.5 Å². The van der Waals surface area contributed by atoms with Crippen LogP contribution in [0.2, 0.25) is 0 Å². The summed E-state index contributed by atoms with van der Waals surface area (Å²) in [6.45, 7) is 10.1. The average Bonchev–Trinajstić information content (AvgIpc) is 3.18. The molecule has 1 amide bonds. The third-order valence-electron chi connectivity index (χ3n) is 6.40. The molecule has 182 valence electrons. The monoisotopic (exact) mass is 467 g/mol. The van der Waals surface area contributed by atoms with Gasteiger partial charge in [-0.25, -0.2) is 0 Å². The van der Waals surface area contributed by atoms with Gasteiger partial charge in [-0.2, -0.15) is 0 Å². The predicted molar refractivity (Wildman–Crippen MR) is 131 cm³/mol. The van der Waals surface area contributed by atoms with Crippen molar-refractivity contribution in [2.75, 3.05) is 74.3 Å². The molecule has 3 aliphatic heterocycles. The molecule has 34 heavy (non-hydrogen) atoms. The van der Waals surface area contributed by atoms with E-state index in [1.165, 1.54) is 0 Å². The molecule has 0 radical (unpaired) electrons. The smallest absolute Gasteiger partial charge is 0.262 e. The predicted octanol–water partition coefficient (Wildman–Crippen LogP) is 3.09. The highest BCUT2D eigenvalue weighted by Gasteiger charge is 2.32. The van der Waals surface area contributed by atoms with Crippen LogP contribution >= 0.6 is 0 Å². The molecule has 3 aliphatic rings. The molecule has 0 aromatic heterocycles. The Balaban J connectivity index is 1.30. The minimum Gasteiger partial charge on any atom is -0.483 e. The molecule has 2 saturated heterocycles. The van der Waals surface area contributed by atoms with Crippen LogP contribution < -0.4 is 24.6 Å². The number of para-hydroxylation sites is 1. The average molecular weight is 468 g/mol. The van der Waals surface area contributed by atoms with E-state index in [1.54, 1.807) is 0 Å². The van der Waals surface area contributed by atoms with Gasteiger partial charge in [-0.3, -0.25) is 4.79 Å². The van der Waals surface area contributed by atoms with E-state index in [-0.39, 0.29) is 18.1 Å². The van der Waals surface area contributed by atoms with Crippen molar-refractivity contribution in [3.8, 4) is 11.5 Å². The second-order valence-electron chi connectivity index (χ2n) is 9.52. The van der Waals surface area contributed by atoms with Crippen LogP contribution in [0.3, 0.4) is 0 Å². The van der Waals surface area contributed by atoms with Crippen LogP contribution in [0.5, 0.6) is 11.5 Å². The first-order valence-corrected chi connectivity index (χ1v) is 12.0. The molecule has 0 unspecified atom stereocenters. The number of ether oxygens (including phenoxy) is 4. The molecule has 0 aliphatic carbocycles. The summed E-state index contributed by atoms with van der Waals surface area (Å²) in [5.41, 5.74) is 3.77. The van der Waals surface area contributed by atoms with Crippen molar-refractivity contribution in [3.05, 3.63) is 42.0 Å². The van der Waals surface area contributed by atoms with E-state index in [0.29, 0.717) is 19.0 Å². The SMILES string of the molecule is CC1(C)Cc2cccc(OCC(=O)Nc3ccc(N4CCOCC4)cc3N3CCOCC3)c2O1. The number of rotatable bonds is 6. The molecule has 1 N–H and O–H groups in total. The summed E-state index contributed by atoms with van der Waals surface area (Å²) in [6.07, 6.45) is 0.824. The van der Waals surface area contributed by atoms with E-state index >= 15 is 0 Å². The Labute approximate surface area is 200 Å². The number of carbonyl (C=O) groups excluding carboxylic acids is 1. The Hall–Kier alpha value is -2.97. The largest absolute Gasteiger partial charge is 0.483 e. The van der Waals surface area contributed by atoms with Crippen molar-refractivity contribution in [2.45, 2.75) is 25.9 Å². The maximum Gasteiger partial charge on any atom is 0.262 e. The first kappa shape index (κ1) is 22.8. The number of anilines is 3. The number of morpholine rings is 2. The van der Waals surface area contributed by atoms with Crippen molar-refractivity contribution < 1.29 is 23.7 Å². The molecule has 2 aromatic rings. The van der Waals surface area contributed by atoms with Gasteiger partial charge in [-0.05, 0) is 38.1 Å². The van der Waals surface area contributed by atoms with Crippen LogP contribution in [-0.2, 0) is 20.7 Å². The van der Waals surface area contributed by atoms with Crippen LogP contribution in [0.4, 0.5) is 17.1 Å². The van der Waals surface area contributed by atoms with E-state index in [0.717, 1.165) is 74.2 Å². The molecule has 2 fully saturated rings. The Morgan fingerprint density at radius 2 is 1.71 bits per heavy atom. The lowest BCUT2D eigenvalue weighted by atomic mass is 10.0. The van der Waals surface area contributed by atoms with Crippen molar-refractivity contribution in [1.82, 2.24) is 0 Å². The van der Waals surface area contributed by atoms with Crippen LogP contribution in [0.1, 0.15) is 19.4 Å². The molecular formula is C26H33N3O5. The van der Waals surface area contributed by atoms with Gasteiger partial charge in [0.2, 0.25) is 0 Å². The molecule has 8 heteroatoms. The van der Waals surface area contributed by atoms with Gasteiger partial charge in [0.1, 0.15) is 5.60 Å². The quantitative estimate of drug-likeness (QED) is 0.700. The summed E-state index contributed by atoms with van der Waals surface area (Å²) in [5.74, 6) is 1.14. The lowest BCUT2D eigenvalue weighted by molar-refractivity contribution is -0.118. The van der Waals surface area contributed by atoms with Gasteiger partial charge in [-0.15, -0.1) is 0 Å². The molecule has 5 rings (SSSR count). The van der Waals surface area contributed by atoms with Crippen LogP contribution in [0.15, 0.2) is 36.4 Å². The fraction of sp³-hybridized carbons (Fsp3) is 0.500. The van der Waals surface area contributed by atoms with Gasteiger partial charge in [0.05, 0.1) is 37.8 Å². The van der Waals surface area contributed by atoms with Gasteiger partial charge in [0.15, 0.2) is 18.1 Å². The molecule has 0 spiro atoms. The molecule has 0 saturated carbocycles. The van der Waals surface area contributed by atoms with Crippen molar-refractivity contribution in [1.29, 1.82) is 0 Å². The fourth-order valence-electron chi connectivity index (χ4n) is 4.74. The maximum absolute atomic E-state index is 12.9. The molecule has 3 heterocycles. The Morgan fingerprint density at radius 1 is 1.00 bits per heavy atom. The number of fused-ring (bicyclic) bond motifs is 1. The highest BCUT2D eigenvalue weighted by Crippen LogP contribution is 2.41. The van der Waals surface area contributed by atoms with E-state index < -0.39 is 0 Å². The first-order valence-electron chi connectivity index (χ1n) is 12.0. The van der Waals surface area contributed by atoms with Gasteiger partial charge in [0, 0.05) is 43.9 Å². The van der Waals surface area contributed by atoms with Crippen LogP contribution in [-0.4, -0.2) is 70.7 Å². The lowest BCUT2D eigenvalue weighted by Gasteiger charge is -2.33. The van der Waals surface area contributed by atoms with Crippen LogP contribution in [0, 0.1) is 0 Å². The summed E-state index contributed by atoms with van der Waals surface area (Å²) in [5, 5.41) is 3.06. The van der Waals surface area contributed by atoms with Gasteiger partial charge >= 0.3 is 0 Å². The zero-order chi connectivity index (χ0) is 23.5. The maximum atomic E-state index is 12.9. The molecule has 0 atom stereocenters. The molecule has 2 aromatic carbocycles. The zero-order valence-electron chi connectivity index (χ0n) is 20.0. The van der Waals surface area contributed by atoms with E-state index in [9.17, 15) is 4.79 Å². The Kier molecular flexibility index (Phi) is 6.52. The number of hydrogen-bond donors (Lipinski definition) is 1. The van der Waals surface area contributed by atoms with E-state index in [2.05, 4.69) is 41.1 Å². The summed E-state index contributed by atoms with van der Waals surface area (Å²) >= 11 is 0. The third-order valence-corrected chi connectivity index (χ3v) is 6.40. The molecular weight excluding hydrogens is 434 g/mol. The molecule has 8 nitrogen and oxygen atoms in total. The van der Waals surface area contributed by atoms with E-state index in [1.807, 2.05) is 24.3 Å². The van der Waals surface area contributed by atoms with Gasteiger partial charge in [0.25, 0.3) is 5.91 Å². The van der Waals surface area contributed by atoms with Crippen molar-refractivity contribution in [2.24, 2.45) is 0 Å². The minimum absolute atomic E-state index is 0.0893. The number of nitrogens with one attached hydrogen (secondary N) is 1. The first-order chi connectivity index (χ1) is 16.5. The zero-order valence-corrected chi connectivity index (χ0v) is 20.0. The highest BCUT2D eigenvalue weighted by atomic mass is 16.5. The summed E-state index contributed by atoms with van der Waals surface area (Å²) < 4.78 is 23.0. The standard InChI is InChI=1S/C26H33N3O5/c1-26(2)17-19-4-3-5-23(25(19)34-26)33-18-24(30)27-21-7-6-20(28-8-12-31-13-9-28)16-22(21)29-10-14-32-15-11-29/h3-7,16H,8-15,17-18H2,1-2H3,(H,27,30). The number of amides is 1. The second kappa shape index (κ2) is 9.72. The van der Waals surface area contributed by atoms with Gasteiger partial charge < -0.3 is 34.1 Å². The summed E-state index contributed by atoms with van der Waals surface area (Å²) in [6, 6.07) is 12.0. The number of benzene rings is 2. The lowest BCUT2D eigenvalue weighted by Crippen LogP contribution is -2.38. The Bertz CT molecular complexity index is 1030. The van der Waals surface area contributed by atoms with E-state index in [4.69, 9.17) is 18.9 Å². The third kappa shape index (κ3) is 5.08. The van der Waals surface area contributed by atoms with Gasteiger partial charge in [-0.1, -0.05) is 12.1 Å². The number of carbonyl (C=O) groups is 1. The fourth-order valence-corrected chi connectivity index (χ4v) is 4.74. The highest BCUT2D eigenvalue weighted by molar-refractivity contribution is 5.96. The van der Waals surface area contributed by atoms with Crippen molar-refractivity contribution >= 4 is 23.0 Å². The number of nitrogens with zero attached hydrogens (tertiary/aromatic N) is 2. The number of hydrogen-bond acceptors (Lipinski definition) is 7. The Morgan fingerprint density at radius 3 is 2.44 bits per heavy atom.